The molecule has 0 amide bonds. The first kappa shape index (κ1) is 15.4. The quantitative estimate of drug-likeness (QED) is 0.891. The first-order valence-corrected chi connectivity index (χ1v) is 7.53. The van der Waals surface area contributed by atoms with E-state index in [9.17, 15) is 8.78 Å². The van der Waals surface area contributed by atoms with Crippen LogP contribution in [0.1, 0.15) is 38.3 Å². The molecule has 0 saturated carbocycles. The Morgan fingerprint density at radius 2 is 1.80 bits per heavy atom. The molecule has 0 bridgehead atoms. The zero-order valence-corrected chi connectivity index (χ0v) is 12.3. The Labute approximate surface area is 120 Å². The molecule has 0 spiro atoms. The highest BCUT2D eigenvalue weighted by Crippen LogP contribution is 2.34. The molecule has 0 radical (unpaired) electrons. The summed E-state index contributed by atoms with van der Waals surface area (Å²) in [6.45, 7) is 7.65. The molecule has 0 aliphatic carbocycles. The Morgan fingerprint density at radius 1 is 1.20 bits per heavy atom. The highest BCUT2D eigenvalue weighted by Gasteiger charge is 2.31. The Kier molecular flexibility index (Phi) is 5.49. The van der Waals surface area contributed by atoms with Crippen LogP contribution in [0.4, 0.5) is 8.78 Å². The van der Waals surface area contributed by atoms with E-state index in [2.05, 4.69) is 24.1 Å². The van der Waals surface area contributed by atoms with Crippen molar-refractivity contribution in [1.29, 1.82) is 0 Å². The second kappa shape index (κ2) is 7.14. The summed E-state index contributed by atoms with van der Waals surface area (Å²) in [4.78, 5) is 2.22. The van der Waals surface area contributed by atoms with Crippen LogP contribution in [0, 0.1) is 17.6 Å². The standard InChI is InChI=1S/C16H24F2N2/c1-3-5-12(2)16(20-10-8-19-9-11-20)15-13(17)6-4-7-14(15)18/h4,6-7,12,16,19H,3,5,8-11H2,1-2H3/t12?,16-/m0/s1. The minimum absolute atomic E-state index is 0.168. The van der Waals surface area contributed by atoms with Crippen molar-refractivity contribution in [3.05, 3.63) is 35.4 Å². The van der Waals surface area contributed by atoms with Gasteiger partial charge in [0, 0.05) is 37.8 Å². The van der Waals surface area contributed by atoms with E-state index < -0.39 is 11.6 Å². The van der Waals surface area contributed by atoms with Gasteiger partial charge in [0.2, 0.25) is 0 Å². The summed E-state index contributed by atoms with van der Waals surface area (Å²) in [7, 11) is 0. The van der Waals surface area contributed by atoms with Gasteiger partial charge in [-0.05, 0) is 24.5 Å². The van der Waals surface area contributed by atoms with E-state index >= 15 is 0 Å². The topological polar surface area (TPSA) is 15.3 Å². The van der Waals surface area contributed by atoms with Crippen molar-refractivity contribution in [2.75, 3.05) is 26.2 Å². The van der Waals surface area contributed by atoms with E-state index in [-0.39, 0.29) is 17.5 Å². The fraction of sp³-hybridized carbons (Fsp3) is 0.625. The van der Waals surface area contributed by atoms with Gasteiger partial charge in [-0.1, -0.05) is 26.3 Å². The number of rotatable bonds is 5. The molecule has 1 saturated heterocycles. The van der Waals surface area contributed by atoms with Gasteiger partial charge in [0.15, 0.2) is 0 Å². The highest BCUT2D eigenvalue weighted by molar-refractivity contribution is 5.24. The molecular weight excluding hydrogens is 258 g/mol. The molecule has 2 rings (SSSR count). The zero-order valence-electron chi connectivity index (χ0n) is 12.3. The van der Waals surface area contributed by atoms with Gasteiger partial charge >= 0.3 is 0 Å². The second-order valence-electron chi connectivity index (χ2n) is 5.63. The van der Waals surface area contributed by atoms with Crippen LogP contribution in [0.5, 0.6) is 0 Å². The molecule has 1 fully saturated rings. The molecule has 2 nitrogen and oxygen atoms in total. The Balaban J connectivity index is 2.34. The monoisotopic (exact) mass is 282 g/mol. The van der Waals surface area contributed by atoms with Gasteiger partial charge in [0.1, 0.15) is 11.6 Å². The maximum absolute atomic E-state index is 14.2. The van der Waals surface area contributed by atoms with Crippen LogP contribution in [0.3, 0.4) is 0 Å². The molecule has 1 aliphatic rings. The molecule has 4 heteroatoms. The number of benzene rings is 1. The van der Waals surface area contributed by atoms with Crippen LogP contribution in [0.2, 0.25) is 0 Å². The third-order valence-electron chi connectivity index (χ3n) is 4.12. The molecule has 1 N–H and O–H groups in total. The molecule has 112 valence electrons. The smallest absolute Gasteiger partial charge is 0.130 e. The fourth-order valence-corrected chi connectivity index (χ4v) is 3.19. The van der Waals surface area contributed by atoms with E-state index in [0.29, 0.717) is 0 Å². The molecular formula is C16H24F2N2. The van der Waals surface area contributed by atoms with Gasteiger partial charge in [0.05, 0.1) is 0 Å². The van der Waals surface area contributed by atoms with Crippen LogP contribution in [0.15, 0.2) is 18.2 Å². The van der Waals surface area contributed by atoms with Gasteiger partial charge in [-0.25, -0.2) is 8.78 Å². The van der Waals surface area contributed by atoms with Gasteiger partial charge in [-0.15, -0.1) is 0 Å². The third kappa shape index (κ3) is 3.36. The summed E-state index contributed by atoms with van der Waals surface area (Å²) in [6, 6.07) is 4.00. The predicted molar refractivity (Wildman–Crippen MR) is 77.6 cm³/mol. The van der Waals surface area contributed by atoms with Crippen molar-refractivity contribution in [2.24, 2.45) is 5.92 Å². The second-order valence-corrected chi connectivity index (χ2v) is 5.63. The summed E-state index contributed by atoms with van der Waals surface area (Å²) < 4.78 is 28.3. The van der Waals surface area contributed by atoms with Gasteiger partial charge in [0.25, 0.3) is 0 Å². The Morgan fingerprint density at radius 3 is 2.35 bits per heavy atom. The third-order valence-corrected chi connectivity index (χ3v) is 4.12. The lowest BCUT2D eigenvalue weighted by Crippen LogP contribution is -2.47. The molecule has 1 aromatic carbocycles. The van der Waals surface area contributed by atoms with Crippen molar-refractivity contribution in [2.45, 2.75) is 32.7 Å². The van der Waals surface area contributed by atoms with E-state index in [4.69, 9.17) is 0 Å². The van der Waals surface area contributed by atoms with Crippen molar-refractivity contribution < 1.29 is 8.78 Å². The SMILES string of the molecule is CCCC(C)[C@@H](c1c(F)cccc1F)N1CCNCC1. The maximum Gasteiger partial charge on any atom is 0.130 e. The van der Waals surface area contributed by atoms with Crippen molar-refractivity contribution in [1.82, 2.24) is 10.2 Å². The summed E-state index contributed by atoms with van der Waals surface area (Å²) >= 11 is 0. The minimum atomic E-state index is -0.420. The number of halogens is 2. The first-order valence-electron chi connectivity index (χ1n) is 7.53. The minimum Gasteiger partial charge on any atom is -0.314 e. The van der Waals surface area contributed by atoms with E-state index in [1.54, 1.807) is 0 Å². The number of piperazine rings is 1. The van der Waals surface area contributed by atoms with Crippen LogP contribution in [0.25, 0.3) is 0 Å². The van der Waals surface area contributed by atoms with Gasteiger partial charge < -0.3 is 5.32 Å². The molecule has 20 heavy (non-hydrogen) atoms. The first-order chi connectivity index (χ1) is 9.65. The lowest BCUT2D eigenvalue weighted by Gasteiger charge is -2.38. The number of hydrogen-bond donors (Lipinski definition) is 1. The lowest BCUT2D eigenvalue weighted by molar-refractivity contribution is 0.120. The van der Waals surface area contributed by atoms with Crippen LogP contribution < -0.4 is 5.32 Å². The van der Waals surface area contributed by atoms with Crippen LogP contribution in [-0.2, 0) is 0 Å². The van der Waals surface area contributed by atoms with Crippen molar-refractivity contribution >= 4 is 0 Å². The maximum atomic E-state index is 14.2. The molecule has 0 aromatic heterocycles. The number of hydrogen-bond acceptors (Lipinski definition) is 2. The normalized spacial score (nSPS) is 19.8. The van der Waals surface area contributed by atoms with Gasteiger partial charge in [-0.2, -0.15) is 0 Å². The molecule has 1 aliphatic heterocycles. The summed E-state index contributed by atoms with van der Waals surface area (Å²) in [6.07, 6.45) is 2.00. The average molecular weight is 282 g/mol. The highest BCUT2D eigenvalue weighted by atomic mass is 19.1. The molecule has 1 aromatic rings. The summed E-state index contributed by atoms with van der Waals surface area (Å²) in [5.41, 5.74) is 0.246. The Bertz CT molecular complexity index is 410. The summed E-state index contributed by atoms with van der Waals surface area (Å²) in [5, 5.41) is 3.29. The fourth-order valence-electron chi connectivity index (χ4n) is 3.19. The van der Waals surface area contributed by atoms with E-state index in [0.717, 1.165) is 39.0 Å². The lowest BCUT2D eigenvalue weighted by atomic mass is 9.88. The number of nitrogens with zero attached hydrogens (tertiary/aromatic N) is 1. The van der Waals surface area contributed by atoms with Crippen LogP contribution in [-0.4, -0.2) is 31.1 Å². The zero-order chi connectivity index (χ0) is 14.5. The average Bonchev–Trinajstić information content (AvgIpc) is 2.44. The number of nitrogens with one attached hydrogen (secondary N) is 1. The molecule has 2 atom stereocenters. The van der Waals surface area contributed by atoms with E-state index in [1.807, 2.05) is 0 Å². The van der Waals surface area contributed by atoms with Crippen LogP contribution >= 0.6 is 0 Å². The van der Waals surface area contributed by atoms with Crippen molar-refractivity contribution in [3.63, 3.8) is 0 Å². The van der Waals surface area contributed by atoms with Crippen molar-refractivity contribution in [3.8, 4) is 0 Å². The predicted octanol–water partition coefficient (Wildman–Crippen LogP) is 3.35. The summed E-state index contributed by atoms with van der Waals surface area (Å²) in [5.74, 6) is -0.600. The Hall–Kier alpha value is -1.00. The molecule has 1 unspecified atom stereocenters. The molecule has 1 heterocycles. The largest absolute Gasteiger partial charge is 0.314 e. The van der Waals surface area contributed by atoms with Gasteiger partial charge in [-0.3, -0.25) is 4.90 Å². The van der Waals surface area contributed by atoms with E-state index in [1.165, 1.54) is 18.2 Å².